The van der Waals surface area contributed by atoms with Crippen LogP contribution >= 0.6 is 0 Å². The van der Waals surface area contributed by atoms with Gasteiger partial charge in [0, 0.05) is 25.3 Å². The molecule has 18 heavy (non-hydrogen) atoms. The molecule has 0 unspecified atom stereocenters. The molecule has 1 aromatic heterocycles. The number of amides is 1. The van der Waals surface area contributed by atoms with Crippen molar-refractivity contribution in [1.82, 2.24) is 14.9 Å². The molecular weight excluding hydrogens is 232 g/mol. The van der Waals surface area contributed by atoms with E-state index in [1.807, 2.05) is 13.8 Å². The molecule has 1 saturated heterocycles. The number of nitrogens with one attached hydrogen (secondary N) is 1. The number of rotatable bonds is 3. The van der Waals surface area contributed by atoms with E-state index in [1.165, 1.54) is 0 Å². The van der Waals surface area contributed by atoms with Crippen LogP contribution in [0.25, 0.3) is 0 Å². The van der Waals surface area contributed by atoms with Crippen molar-refractivity contribution in [2.75, 3.05) is 31.6 Å². The van der Waals surface area contributed by atoms with Crippen LogP contribution in [-0.2, 0) is 4.74 Å². The summed E-state index contributed by atoms with van der Waals surface area (Å²) in [5.41, 5.74) is 0.426. The predicted octanol–water partition coefficient (Wildman–Crippen LogP) is 0.769. The number of hydrogen-bond donors (Lipinski definition) is 1. The molecule has 6 nitrogen and oxygen atoms in total. The van der Waals surface area contributed by atoms with Gasteiger partial charge in [-0.2, -0.15) is 0 Å². The summed E-state index contributed by atoms with van der Waals surface area (Å²) in [5.74, 6) is 0.427. The number of aromatic nitrogens is 2. The van der Waals surface area contributed by atoms with Gasteiger partial charge in [0.15, 0.2) is 0 Å². The molecule has 1 N–H and O–H groups in total. The number of ether oxygens (including phenoxy) is 1. The zero-order valence-electron chi connectivity index (χ0n) is 10.7. The molecule has 1 fully saturated rings. The molecule has 1 aromatic rings. The number of anilines is 1. The quantitative estimate of drug-likeness (QED) is 0.858. The lowest BCUT2D eigenvalue weighted by molar-refractivity contribution is 0.0299. The van der Waals surface area contributed by atoms with Gasteiger partial charge in [-0.05, 0) is 19.9 Å². The molecule has 1 amide bonds. The highest BCUT2D eigenvalue weighted by atomic mass is 16.5. The Kier molecular flexibility index (Phi) is 4.09. The Morgan fingerprint density at radius 2 is 2.17 bits per heavy atom. The Morgan fingerprint density at radius 1 is 1.44 bits per heavy atom. The average molecular weight is 250 g/mol. The fourth-order valence-electron chi connectivity index (χ4n) is 1.73. The molecule has 0 bridgehead atoms. The standard InChI is InChI=1S/C12H18N4O2/c1-9(2)14-12-13-4-3-10(15-12)11(17)16-5-7-18-8-6-16/h3-4,9H,5-8H2,1-2H3,(H,13,14,15). The third kappa shape index (κ3) is 3.16. The second-order valence-electron chi connectivity index (χ2n) is 4.47. The van der Waals surface area contributed by atoms with Crippen LogP contribution in [0.4, 0.5) is 5.95 Å². The van der Waals surface area contributed by atoms with Gasteiger partial charge in [-0.3, -0.25) is 4.79 Å². The summed E-state index contributed by atoms with van der Waals surface area (Å²) >= 11 is 0. The first-order valence-corrected chi connectivity index (χ1v) is 6.13. The van der Waals surface area contributed by atoms with E-state index < -0.39 is 0 Å². The largest absolute Gasteiger partial charge is 0.378 e. The summed E-state index contributed by atoms with van der Waals surface area (Å²) in [7, 11) is 0. The summed E-state index contributed by atoms with van der Waals surface area (Å²) in [6.45, 7) is 6.42. The van der Waals surface area contributed by atoms with E-state index in [9.17, 15) is 4.79 Å². The van der Waals surface area contributed by atoms with Crippen molar-refractivity contribution in [1.29, 1.82) is 0 Å². The third-order valence-corrected chi connectivity index (χ3v) is 2.59. The fourth-order valence-corrected chi connectivity index (χ4v) is 1.73. The summed E-state index contributed by atoms with van der Waals surface area (Å²) in [5, 5.41) is 3.09. The number of nitrogens with zero attached hydrogens (tertiary/aromatic N) is 3. The molecule has 0 radical (unpaired) electrons. The van der Waals surface area contributed by atoms with Crippen molar-refractivity contribution in [2.45, 2.75) is 19.9 Å². The molecule has 0 atom stereocenters. The summed E-state index contributed by atoms with van der Waals surface area (Å²) in [6, 6.07) is 1.88. The highest BCUT2D eigenvalue weighted by Gasteiger charge is 2.19. The first-order chi connectivity index (χ1) is 8.66. The Morgan fingerprint density at radius 3 is 2.83 bits per heavy atom. The topological polar surface area (TPSA) is 67.4 Å². The van der Waals surface area contributed by atoms with Gasteiger partial charge in [-0.25, -0.2) is 9.97 Å². The van der Waals surface area contributed by atoms with E-state index in [2.05, 4.69) is 15.3 Å². The van der Waals surface area contributed by atoms with Crippen LogP contribution in [0.5, 0.6) is 0 Å². The normalized spacial score (nSPS) is 15.8. The van der Waals surface area contributed by atoms with Crippen LogP contribution < -0.4 is 5.32 Å². The lowest BCUT2D eigenvalue weighted by Crippen LogP contribution is -2.41. The predicted molar refractivity (Wildman–Crippen MR) is 67.5 cm³/mol. The molecule has 1 aliphatic rings. The zero-order chi connectivity index (χ0) is 13.0. The van der Waals surface area contributed by atoms with Gasteiger partial charge in [0.25, 0.3) is 5.91 Å². The minimum atomic E-state index is -0.0625. The van der Waals surface area contributed by atoms with E-state index in [0.717, 1.165) is 0 Å². The van der Waals surface area contributed by atoms with Gasteiger partial charge in [0.05, 0.1) is 13.2 Å². The van der Waals surface area contributed by atoms with Crippen LogP contribution in [-0.4, -0.2) is 53.1 Å². The lowest BCUT2D eigenvalue weighted by atomic mass is 10.3. The minimum absolute atomic E-state index is 0.0625. The molecular formula is C12H18N4O2. The van der Waals surface area contributed by atoms with Crippen molar-refractivity contribution in [2.24, 2.45) is 0 Å². The van der Waals surface area contributed by atoms with Crippen LogP contribution in [0.3, 0.4) is 0 Å². The highest BCUT2D eigenvalue weighted by molar-refractivity contribution is 5.92. The van der Waals surface area contributed by atoms with Gasteiger partial charge in [0.2, 0.25) is 5.95 Å². The Hall–Kier alpha value is -1.69. The van der Waals surface area contributed by atoms with Gasteiger partial charge in [-0.1, -0.05) is 0 Å². The summed E-state index contributed by atoms with van der Waals surface area (Å²) in [4.78, 5) is 22.3. The maximum atomic E-state index is 12.2. The van der Waals surface area contributed by atoms with E-state index in [0.29, 0.717) is 37.9 Å². The Bertz CT molecular complexity index is 416. The van der Waals surface area contributed by atoms with Crippen LogP contribution in [0.1, 0.15) is 24.3 Å². The molecule has 6 heteroatoms. The molecule has 0 saturated carbocycles. The Labute approximate surface area is 106 Å². The van der Waals surface area contributed by atoms with Crippen LogP contribution in [0.2, 0.25) is 0 Å². The smallest absolute Gasteiger partial charge is 0.272 e. The Balaban J connectivity index is 2.09. The number of hydrogen-bond acceptors (Lipinski definition) is 5. The molecule has 98 valence electrons. The SMILES string of the molecule is CC(C)Nc1nccc(C(=O)N2CCOCC2)n1. The number of carbonyl (C=O) groups excluding carboxylic acids is 1. The molecule has 0 spiro atoms. The van der Waals surface area contributed by atoms with Crippen molar-refractivity contribution < 1.29 is 9.53 Å². The van der Waals surface area contributed by atoms with Gasteiger partial charge in [-0.15, -0.1) is 0 Å². The highest BCUT2D eigenvalue weighted by Crippen LogP contribution is 2.07. The first kappa shape index (κ1) is 12.8. The van der Waals surface area contributed by atoms with Crippen LogP contribution in [0.15, 0.2) is 12.3 Å². The molecule has 2 heterocycles. The lowest BCUT2D eigenvalue weighted by Gasteiger charge is -2.26. The molecule has 2 rings (SSSR count). The number of morpholine rings is 1. The summed E-state index contributed by atoms with van der Waals surface area (Å²) in [6.07, 6.45) is 1.60. The third-order valence-electron chi connectivity index (χ3n) is 2.59. The maximum Gasteiger partial charge on any atom is 0.272 e. The van der Waals surface area contributed by atoms with Gasteiger partial charge in [0.1, 0.15) is 5.69 Å². The average Bonchev–Trinajstić information content (AvgIpc) is 2.38. The number of carbonyl (C=O) groups is 1. The second-order valence-corrected chi connectivity index (χ2v) is 4.47. The fraction of sp³-hybridized carbons (Fsp3) is 0.583. The molecule has 0 aromatic carbocycles. The van der Waals surface area contributed by atoms with Crippen LogP contribution in [0, 0.1) is 0 Å². The van der Waals surface area contributed by atoms with Crippen molar-refractivity contribution in [3.63, 3.8) is 0 Å². The second kappa shape index (κ2) is 5.77. The monoisotopic (exact) mass is 250 g/mol. The van der Waals surface area contributed by atoms with Crippen molar-refractivity contribution >= 4 is 11.9 Å². The van der Waals surface area contributed by atoms with Gasteiger partial charge >= 0.3 is 0 Å². The van der Waals surface area contributed by atoms with Crippen molar-refractivity contribution in [3.8, 4) is 0 Å². The maximum absolute atomic E-state index is 12.2. The van der Waals surface area contributed by atoms with E-state index in [-0.39, 0.29) is 11.9 Å². The first-order valence-electron chi connectivity index (χ1n) is 6.13. The zero-order valence-corrected chi connectivity index (χ0v) is 10.7. The molecule has 1 aliphatic heterocycles. The molecule has 0 aliphatic carbocycles. The van der Waals surface area contributed by atoms with Gasteiger partial charge < -0.3 is 15.0 Å². The summed E-state index contributed by atoms with van der Waals surface area (Å²) < 4.78 is 5.22. The van der Waals surface area contributed by atoms with E-state index in [4.69, 9.17) is 4.74 Å². The van der Waals surface area contributed by atoms with E-state index >= 15 is 0 Å². The minimum Gasteiger partial charge on any atom is -0.378 e. The van der Waals surface area contributed by atoms with Crippen molar-refractivity contribution in [3.05, 3.63) is 18.0 Å². The van der Waals surface area contributed by atoms with E-state index in [1.54, 1.807) is 17.2 Å².